The number of rotatable bonds is 5. The van der Waals surface area contributed by atoms with Crippen molar-refractivity contribution in [3.05, 3.63) is 48.5 Å². The van der Waals surface area contributed by atoms with Gasteiger partial charge in [0.05, 0.1) is 12.8 Å². The number of halogens is 3. The van der Waals surface area contributed by atoms with Gasteiger partial charge >= 0.3 is 58.4 Å². The standard InChI is InChI=1S/C12H11BF3N2O.K/c14-13(15,16)10-7-12(9-17-8-10)19-6-4-11-3-1-2-5-18-11;/h1-3,5,7-9H,4,6H2;/q-1;+1. The number of aromatic nitrogens is 2. The molecule has 100 valence electrons. The predicted molar refractivity (Wildman–Crippen MR) is 66.4 cm³/mol. The van der Waals surface area contributed by atoms with Gasteiger partial charge in [0.1, 0.15) is 5.75 Å². The molecule has 0 amide bonds. The van der Waals surface area contributed by atoms with Crippen molar-refractivity contribution >= 4 is 12.4 Å². The second kappa shape index (κ2) is 8.14. The molecule has 0 aliphatic rings. The van der Waals surface area contributed by atoms with Gasteiger partial charge in [0.15, 0.2) is 0 Å². The van der Waals surface area contributed by atoms with Gasteiger partial charge in [0.25, 0.3) is 0 Å². The van der Waals surface area contributed by atoms with E-state index in [1.807, 2.05) is 12.1 Å². The monoisotopic (exact) mass is 306 g/mol. The average molecular weight is 306 g/mol. The molecule has 2 heterocycles. The normalized spacial score (nSPS) is 10.8. The smallest absolute Gasteiger partial charge is 0.492 e. The first-order valence-corrected chi connectivity index (χ1v) is 5.73. The van der Waals surface area contributed by atoms with Crippen LogP contribution in [0.2, 0.25) is 0 Å². The minimum atomic E-state index is -5.05. The predicted octanol–water partition coefficient (Wildman–Crippen LogP) is -0.844. The van der Waals surface area contributed by atoms with Crippen LogP contribution < -0.4 is 61.6 Å². The molecule has 2 aromatic rings. The summed E-state index contributed by atoms with van der Waals surface area (Å²) in [5.74, 6) is 0.118. The Bertz CT molecular complexity index is 540. The van der Waals surface area contributed by atoms with Gasteiger partial charge in [0.2, 0.25) is 0 Å². The fourth-order valence-corrected chi connectivity index (χ4v) is 1.51. The summed E-state index contributed by atoms with van der Waals surface area (Å²) in [5, 5.41) is 0. The minimum Gasteiger partial charge on any atom is -0.492 e. The van der Waals surface area contributed by atoms with E-state index in [1.54, 1.807) is 12.3 Å². The summed E-state index contributed by atoms with van der Waals surface area (Å²) < 4.78 is 42.8. The van der Waals surface area contributed by atoms with Crippen LogP contribution in [0.4, 0.5) is 12.9 Å². The van der Waals surface area contributed by atoms with E-state index in [1.165, 1.54) is 6.20 Å². The molecule has 0 unspecified atom stereocenters. The van der Waals surface area contributed by atoms with Gasteiger partial charge in [-0.25, -0.2) is 0 Å². The van der Waals surface area contributed by atoms with E-state index in [0.717, 1.165) is 18.0 Å². The molecule has 0 N–H and O–H groups in total. The molecule has 0 fully saturated rings. The van der Waals surface area contributed by atoms with Gasteiger partial charge in [-0.2, -0.15) is 0 Å². The number of ether oxygens (including phenoxy) is 1. The fourth-order valence-electron chi connectivity index (χ4n) is 1.51. The molecule has 0 bridgehead atoms. The largest absolute Gasteiger partial charge is 1.00 e. The van der Waals surface area contributed by atoms with Crippen LogP contribution in [0.1, 0.15) is 5.69 Å². The van der Waals surface area contributed by atoms with E-state index in [2.05, 4.69) is 9.97 Å². The second-order valence-corrected chi connectivity index (χ2v) is 3.95. The van der Waals surface area contributed by atoms with E-state index in [-0.39, 0.29) is 63.7 Å². The van der Waals surface area contributed by atoms with Crippen LogP contribution in [-0.2, 0) is 6.42 Å². The van der Waals surface area contributed by atoms with E-state index >= 15 is 0 Å². The summed E-state index contributed by atoms with van der Waals surface area (Å²) in [7, 11) is 0. The van der Waals surface area contributed by atoms with Crippen molar-refractivity contribution in [1.29, 1.82) is 0 Å². The summed E-state index contributed by atoms with van der Waals surface area (Å²) in [6.07, 6.45) is 4.25. The minimum absolute atomic E-state index is 0. The topological polar surface area (TPSA) is 35.0 Å². The Morgan fingerprint density at radius 2 is 1.95 bits per heavy atom. The van der Waals surface area contributed by atoms with Gasteiger partial charge < -0.3 is 17.7 Å². The maximum Gasteiger partial charge on any atom is 1.00 e. The Hall–Kier alpha value is -0.409. The van der Waals surface area contributed by atoms with Crippen LogP contribution in [0.15, 0.2) is 42.9 Å². The molecule has 3 nitrogen and oxygen atoms in total. The Morgan fingerprint density at radius 1 is 1.15 bits per heavy atom. The van der Waals surface area contributed by atoms with Crippen molar-refractivity contribution in [2.24, 2.45) is 0 Å². The van der Waals surface area contributed by atoms with Crippen LogP contribution in [0.5, 0.6) is 5.75 Å². The fraction of sp³-hybridized carbons (Fsp3) is 0.167. The molecule has 2 rings (SSSR count). The summed E-state index contributed by atoms with van der Waals surface area (Å²) in [5.41, 5.74) is 0.0713. The van der Waals surface area contributed by atoms with Gasteiger partial charge in [-0.05, 0) is 18.2 Å². The molecule has 0 atom stereocenters. The third kappa shape index (κ3) is 5.53. The van der Waals surface area contributed by atoms with Crippen molar-refractivity contribution in [2.75, 3.05) is 6.61 Å². The summed E-state index contributed by atoms with van der Waals surface area (Å²) in [6.45, 7) is -4.79. The molecule has 8 heteroatoms. The molecule has 0 aromatic carbocycles. The van der Waals surface area contributed by atoms with Gasteiger partial charge in [-0.3, -0.25) is 9.97 Å². The summed E-state index contributed by atoms with van der Waals surface area (Å²) in [4.78, 5) is 7.63. The first-order chi connectivity index (χ1) is 9.05. The van der Waals surface area contributed by atoms with Gasteiger partial charge in [0, 0.05) is 24.5 Å². The van der Waals surface area contributed by atoms with Crippen LogP contribution in [0.25, 0.3) is 0 Å². The molecule has 0 spiro atoms. The number of pyridine rings is 2. The van der Waals surface area contributed by atoms with Crippen LogP contribution in [0.3, 0.4) is 0 Å². The SMILES string of the molecule is F[B-](F)(F)c1cncc(OCCc2ccccn2)c1.[K+]. The molecular weight excluding hydrogens is 295 g/mol. The van der Waals surface area contributed by atoms with E-state index in [4.69, 9.17) is 4.74 Å². The van der Waals surface area contributed by atoms with E-state index in [0.29, 0.717) is 6.42 Å². The number of nitrogens with zero attached hydrogens (tertiary/aromatic N) is 2. The second-order valence-electron chi connectivity index (χ2n) is 3.95. The average Bonchev–Trinajstić information content (AvgIpc) is 2.39. The zero-order valence-corrected chi connectivity index (χ0v) is 14.1. The zero-order chi connectivity index (χ0) is 13.7. The first-order valence-electron chi connectivity index (χ1n) is 5.73. The van der Waals surface area contributed by atoms with Crippen molar-refractivity contribution < 1.29 is 69.1 Å². The Kier molecular flexibility index (Phi) is 7.18. The number of hydrogen-bond acceptors (Lipinski definition) is 3. The Morgan fingerprint density at radius 3 is 2.60 bits per heavy atom. The molecule has 2 aromatic heterocycles. The molecule has 0 radical (unpaired) electrons. The molecular formula is C12H11BF3KN2O. The van der Waals surface area contributed by atoms with E-state index in [9.17, 15) is 12.9 Å². The Labute approximate surface area is 157 Å². The molecule has 20 heavy (non-hydrogen) atoms. The molecule has 0 aliphatic heterocycles. The maximum atomic E-state index is 12.5. The van der Waals surface area contributed by atoms with Gasteiger partial charge in [-0.15, -0.1) is 0 Å². The third-order valence-corrected chi connectivity index (χ3v) is 2.47. The zero-order valence-electron chi connectivity index (χ0n) is 11.0. The quantitative estimate of drug-likeness (QED) is 0.676. The molecule has 0 saturated heterocycles. The van der Waals surface area contributed by atoms with Crippen molar-refractivity contribution in [2.45, 2.75) is 6.42 Å². The maximum absolute atomic E-state index is 12.5. The summed E-state index contributed by atoms with van der Waals surface area (Å²) >= 11 is 0. The van der Waals surface area contributed by atoms with Crippen LogP contribution >= 0.6 is 0 Å². The van der Waals surface area contributed by atoms with Gasteiger partial charge in [-0.1, -0.05) is 11.5 Å². The van der Waals surface area contributed by atoms with E-state index < -0.39 is 12.4 Å². The van der Waals surface area contributed by atoms with Crippen molar-refractivity contribution in [3.63, 3.8) is 0 Å². The van der Waals surface area contributed by atoms with Crippen LogP contribution in [-0.4, -0.2) is 23.6 Å². The molecule has 0 saturated carbocycles. The first kappa shape index (κ1) is 17.6. The molecule has 0 aliphatic carbocycles. The third-order valence-electron chi connectivity index (χ3n) is 2.47. The van der Waals surface area contributed by atoms with Crippen LogP contribution in [0, 0.1) is 0 Å². The Balaban J connectivity index is 0.00000200. The van der Waals surface area contributed by atoms with Crippen molar-refractivity contribution in [1.82, 2.24) is 9.97 Å². The van der Waals surface area contributed by atoms with Crippen molar-refractivity contribution in [3.8, 4) is 5.75 Å². The summed E-state index contributed by atoms with van der Waals surface area (Å²) in [6, 6.07) is 6.43. The number of hydrogen-bond donors (Lipinski definition) is 0.